The number of carbonyl (C=O) groups excluding carboxylic acids is 2. The van der Waals surface area contributed by atoms with Crippen LogP contribution in [0.4, 0.5) is 8.78 Å². The van der Waals surface area contributed by atoms with Gasteiger partial charge in [-0.05, 0) is 70.8 Å². The Morgan fingerprint density at radius 3 is 1.91 bits per heavy atom. The average molecular weight is 743 g/mol. The highest BCUT2D eigenvalue weighted by Gasteiger charge is 2.54. The highest BCUT2D eigenvalue weighted by atomic mass is 19.1. The number of carbonyl (C=O) groups is 2. The van der Waals surface area contributed by atoms with Crippen LogP contribution in [0.1, 0.15) is 45.9 Å². The number of hydrogen-bond donors (Lipinski definition) is 0. The Labute approximate surface area is 311 Å². The number of esters is 2. The standard InChI is InChI=1S/C41H40F2N2O9/c1-48-33-16-25(17-34(49-2)40(33)50-3)36-28-18-31-32(53-22-52-31)19-29(28)39(30-21-51-41(47)37(30)36)54-35(46)20-44-12-14-45(15-13-44)38(23-4-8-26(42)9-5-23)24-6-10-27(43)11-7-24/h4-11,16-19,30,36-39H,12-15,20-22H2,1-3H3/t30-,36+,37-,39-/m0/s1. The molecule has 1 aliphatic carbocycles. The van der Waals surface area contributed by atoms with Crippen LogP contribution in [0.3, 0.4) is 0 Å². The minimum atomic E-state index is -0.792. The Morgan fingerprint density at radius 2 is 1.35 bits per heavy atom. The van der Waals surface area contributed by atoms with Crippen molar-refractivity contribution in [2.75, 3.05) is 67.5 Å². The fourth-order valence-electron chi connectivity index (χ4n) is 8.39. The Kier molecular flexibility index (Phi) is 9.76. The lowest BCUT2D eigenvalue weighted by Crippen LogP contribution is -2.49. The number of rotatable bonds is 10. The van der Waals surface area contributed by atoms with Crippen LogP contribution in [-0.4, -0.2) is 89.2 Å². The van der Waals surface area contributed by atoms with E-state index in [2.05, 4.69) is 4.90 Å². The molecule has 54 heavy (non-hydrogen) atoms. The highest BCUT2D eigenvalue weighted by molar-refractivity contribution is 5.79. The highest BCUT2D eigenvalue weighted by Crippen LogP contribution is 2.56. The predicted molar refractivity (Wildman–Crippen MR) is 190 cm³/mol. The molecule has 2 fully saturated rings. The third-order valence-electron chi connectivity index (χ3n) is 10.9. The molecule has 3 aliphatic heterocycles. The van der Waals surface area contributed by atoms with Gasteiger partial charge in [-0.25, -0.2) is 8.78 Å². The van der Waals surface area contributed by atoms with Gasteiger partial charge in [0.05, 0.1) is 46.4 Å². The van der Waals surface area contributed by atoms with Crippen molar-refractivity contribution in [3.8, 4) is 28.7 Å². The molecule has 0 aromatic heterocycles. The van der Waals surface area contributed by atoms with Crippen LogP contribution in [0.15, 0.2) is 72.8 Å². The SMILES string of the molecule is COc1cc([C@@H]2c3cc4c(cc3[C@H](OC(=O)CN3CCN(C(c5ccc(F)cc5)c5ccc(F)cc5)CC3)[C@H]3COC(=O)[C@H]23)OCO4)cc(OC)c1OC. The van der Waals surface area contributed by atoms with E-state index in [0.717, 1.165) is 22.3 Å². The Bertz CT molecular complexity index is 1970. The van der Waals surface area contributed by atoms with Crippen LogP contribution in [0.5, 0.6) is 28.7 Å². The predicted octanol–water partition coefficient (Wildman–Crippen LogP) is 5.65. The van der Waals surface area contributed by atoms with Gasteiger partial charge in [-0.15, -0.1) is 0 Å². The van der Waals surface area contributed by atoms with Crippen molar-refractivity contribution in [2.24, 2.45) is 11.8 Å². The van der Waals surface area contributed by atoms with Gasteiger partial charge >= 0.3 is 11.9 Å². The summed E-state index contributed by atoms with van der Waals surface area (Å²) < 4.78 is 68.1. The minimum absolute atomic E-state index is 0.0322. The Morgan fingerprint density at radius 1 is 0.778 bits per heavy atom. The second-order valence-electron chi connectivity index (χ2n) is 13.8. The van der Waals surface area contributed by atoms with E-state index >= 15 is 0 Å². The summed E-state index contributed by atoms with van der Waals surface area (Å²) in [5.41, 5.74) is 3.96. The molecule has 4 aromatic rings. The van der Waals surface area contributed by atoms with Crippen molar-refractivity contribution >= 4 is 11.9 Å². The number of hydrogen-bond acceptors (Lipinski definition) is 11. The van der Waals surface area contributed by atoms with E-state index < -0.39 is 35.8 Å². The van der Waals surface area contributed by atoms with Crippen molar-refractivity contribution in [1.29, 1.82) is 0 Å². The number of benzene rings is 4. The van der Waals surface area contributed by atoms with E-state index in [9.17, 15) is 18.4 Å². The maximum absolute atomic E-state index is 13.8. The van der Waals surface area contributed by atoms with Gasteiger partial charge in [-0.3, -0.25) is 19.4 Å². The van der Waals surface area contributed by atoms with Crippen LogP contribution in [0.25, 0.3) is 0 Å². The molecule has 0 amide bonds. The van der Waals surface area contributed by atoms with Gasteiger partial charge in [0.1, 0.15) is 17.7 Å². The summed E-state index contributed by atoms with van der Waals surface area (Å²) >= 11 is 0. The first-order valence-corrected chi connectivity index (χ1v) is 17.8. The molecule has 13 heteroatoms. The number of fused-ring (bicyclic) bond motifs is 3. The molecule has 0 bridgehead atoms. The number of nitrogens with zero attached hydrogens (tertiary/aromatic N) is 2. The zero-order chi connectivity index (χ0) is 37.5. The van der Waals surface area contributed by atoms with E-state index in [1.165, 1.54) is 45.6 Å². The molecular formula is C41H40F2N2O9. The van der Waals surface area contributed by atoms with Gasteiger partial charge in [0, 0.05) is 43.6 Å². The molecule has 8 rings (SSSR count). The lowest BCUT2D eigenvalue weighted by Gasteiger charge is -2.40. The van der Waals surface area contributed by atoms with Gasteiger partial charge in [0.2, 0.25) is 12.5 Å². The summed E-state index contributed by atoms with van der Waals surface area (Å²) in [5, 5.41) is 0. The molecule has 11 nitrogen and oxygen atoms in total. The molecule has 3 heterocycles. The van der Waals surface area contributed by atoms with Gasteiger partial charge in [-0.1, -0.05) is 24.3 Å². The minimum Gasteiger partial charge on any atom is -0.493 e. The Balaban J connectivity index is 1.04. The lowest BCUT2D eigenvalue weighted by molar-refractivity contribution is -0.156. The van der Waals surface area contributed by atoms with Crippen LogP contribution < -0.4 is 23.7 Å². The third-order valence-corrected chi connectivity index (χ3v) is 10.9. The Hall–Kier alpha value is -5.40. The molecule has 4 atom stereocenters. The van der Waals surface area contributed by atoms with Crippen LogP contribution in [-0.2, 0) is 19.1 Å². The van der Waals surface area contributed by atoms with Gasteiger partial charge < -0.3 is 33.2 Å². The molecule has 282 valence electrons. The van der Waals surface area contributed by atoms with Gasteiger partial charge in [-0.2, -0.15) is 0 Å². The maximum Gasteiger partial charge on any atom is 0.320 e. The fourth-order valence-corrected chi connectivity index (χ4v) is 8.39. The summed E-state index contributed by atoms with van der Waals surface area (Å²) in [6.07, 6.45) is -0.792. The smallest absolute Gasteiger partial charge is 0.320 e. The lowest BCUT2D eigenvalue weighted by atomic mass is 9.66. The van der Waals surface area contributed by atoms with Crippen molar-refractivity contribution in [1.82, 2.24) is 9.80 Å². The first-order chi connectivity index (χ1) is 26.3. The van der Waals surface area contributed by atoms with E-state index in [1.54, 1.807) is 24.3 Å². The summed E-state index contributed by atoms with van der Waals surface area (Å²) in [5.74, 6) is -0.824. The molecule has 4 aromatic carbocycles. The molecule has 0 N–H and O–H groups in total. The zero-order valence-corrected chi connectivity index (χ0v) is 30.1. The van der Waals surface area contributed by atoms with E-state index in [4.69, 9.17) is 33.2 Å². The molecule has 0 saturated carbocycles. The van der Waals surface area contributed by atoms with Crippen LogP contribution in [0, 0.1) is 23.5 Å². The number of ether oxygens (including phenoxy) is 7. The molecule has 4 aliphatic rings. The number of halogens is 2. The fraction of sp³-hybridized carbons (Fsp3) is 0.366. The summed E-state index contributed by atoms with van der Waals surface area (Å²) in [6.45, 7) is 2.47. The summed E-state index contributed by atoms with van der Waals surface area (Å²) in [4.78, 5) is 31.7. The topological polar surface area (TPSA) is 105 Å². The zero-order valence-electron chi connectivity index (χ0n) is 30.1. The van der Waals surface area contributed by atoms with Crippen molar-refractivity contribution in [3.63, 3.8) is 0 Å². The monoisotopic (exact) mass is 742 g/mol. The van der Waals surface area contributed by atoms with Crippen molar-refractivity contribution < 1.29 is 51.5 Å². The van der Waals surface area contributed by atoms with Crippen molar-refractivity contribution in [2.45, 2.75) is 18.1 Å². The third kappa shape index (κ3) is 6.55. The van der Waals surface area contributed by atoms with E-state index in [0.29, 0.717) is 60.5 Å². The normalized spacial score (nSPS) is 22.0. The maximum atomic E-state index is 13.8. The number of piperazine rings is 1. The number of cyclic esters (lactones) is 1. The van der Waals surface area contributed by atoms with E-state index in [1.807, 2.05) is 29.2 Å². The van der Waals surface area contributed by atoms with Crippen molar-refractivity contribution in [3.05, 3.63) is 112 Å². The second kappa shape index (κ2) is 14.8. The molecular weight excluding hydrogens is 702 g/mol. The summed E-state index contributed by atoms with van der Waals surface area (Å²) in [7, 11) is 4.59. The first kappa shape index (κ1) is 35.6. The average Bonchev–Trinajstić information content (AvgIpc) is 3.81. The van der Waals surface area contributed by atoms with Crippen LogP contribution in [0.2, 0.25) is 0 Å². The molecule has 0 unspecified atom stereocenters. The van der Waals surface area contributed by atoms with Gasteiger partial charge in [0.25, 0.3) is 0 Å². The van der Waals surface area contributed by atoms with Crippen LogP contribution >= 0.6 is 0 Å². The quantitative estimate of drug-likeness (QED) is 0.189. The molecule has 0 radical (unpaired) electrons. The first-order valence-electron chi connectivity index (χ1n) is 17.8. The summed E-state index contributed by atoms with van der Waals surface area (Å²) in [6, 6.07) is 19.8. The largest absolute Gasteiger partial charge is 0.493 e. The second-order valence-corrected chi connectivity index (χ2v) is 13.8. The molecule has 0 spiro atoms. The van der Waals surface area contributed by atoms with E-state index in [-0.39, 0.29) is 37.6 Å². The molecule has 2 saturated heterocycles. The number of methoxy groups -OCH3 is 3. The van der Waals surface area contributed by atoms with Gasteiger partial charge in [0.15, 0.2) is 23.0 Å².